The lowest BCUT2D eigenvalue weighted by molar-refractivity contribution is -0.122. The number of nitrogens with one attached hydrogen (secondary N) is 1. The standard InChI is InChI=1S/C20H22N2O/c21-19(23)20(14-7-3-1-4-8-14,15-9-5-2-6-10-15)11-16-17-12-22-13-18(16)17/h1-10,16-18,22H,11-13H2,(H2,21,23). The molecule has 0 spiro atoms. The van der Waals surface area contributed by atoms with E-state index < -0.39 is 5.41 Å². The van der Waals surface area contributed by atoms with Crippen LogP contribution in [0.1, 0.15) is 17.5 Å². The first kappa shape index (κ1) is 14.5. The summed E-state index contributed by atoms with van der Waals surface area (Å²) in [6.07, 6.45) is 0.813. The number of hydrogen-bond donors (Lipinski definition) is 2. The van der Waals surface area contributed by atoms with Crippen molar-refractivity contribution in [1.82, 2.24) is 5.32 Å². The minimum atomic E-state index is -0.725. The number of fused-ring (bicyclic) bond motifs is 1. The van der Waals surface area contributed by atoms with Gasteiger partial charge in [-0.1, -0.05) is 60.7 Å². The molecule has 2 aromatic rings. The van der Waals surface area contributed by atoms with Crippen molar-refractivity contribution in [3.05, 3.63) is 71.8 Å². The van der Waals surface area contributed by atoms with Crippen molar-refractivity contribution in [2.24, 2.45) is 23.5 Å². The Morgan fingerprint density at radius 2 is 1.43 bits per heavy atom. The SMILES string of the molecule is NC(=O)C(CC1C2CNCC21)(c1ccccc1)c1ccccc1. The monoisotopic (exact) mass is 306 g/mol. The summed E-state index contributed by atoms with van der Waals surface area (Å²) in [7, 11) is 0. The second-order valence-electron chi connectivity index (χ2n) is 6.86. The van der Waals surface area contributed by atoms with Gasteiger partial charge in [0.05, 0.1) is 5.41 Å². The number of amides is 1. The maximum atomic E-state index is 12.7. The molecular formula is C20H22N2O. The van der Waals surface area contributed by atoms with E-state index in [1.165, 1.54) is 0 Å². The summed E-state index contributed by atoms with van der Waals surface area (Å²) in [6.45, 7) is 2.15. The van der Waals surface area contributed by atoms with Gasteiger partial charge in [0.2, 0.25) is 5.91 Å². The lowest BCUT2D eigenvalue weighted by Crippen LogP contribution is -2.43. The van der Waals surface area contributed by atoms with Gasteiger partial charge in [-0.2, -0.15) is 0 Å². The van der Waals surface area contributed by atoms with Crippen LogP contribution in [0.4, 0.5) is 0 Å². The fraction of sp³-hybridized carbons (Fsp3) is 0.350. The van der Waals surface area contributed by atoms with Crippen LogP contribution >= 0.6 is 0 Å². The molecule has 0 aromatic heterocycles. The summed E-state index contributed by atoms with van der Waals surface area (Å²) in [5, 5.41) is 3.43. The zero-order valence-corrected chi connectivity index (χ0v) is 13.1. The Bertz CT molecular complexity index is 649. The number of piperidine rings is 1. The van der Waals surface area contributed by atoms with E-state index in [-0.39, 0.29) is 5.91 Å². The molecule has 1 heterocycles. The van der Waals surface area contributed by atoms with Crippen LogP contribution < -0.4 is 11.1 Å². The molecule has 118 valence electrons. The lowest BCUT2D eigenvalue weighted by Gasteiger charge is -2.33. The van der Waals surface area contributed by atoms with E-state index >= 15 is 0 Å². The molecule has 0 radical (unpaired) electrons. The smallest absolute Gasteiger partial charge is 0.232 e. The van der Waals surface area contributed by atoms with Gasteiger partial charge in [0.15, 0.2) is 0 Å². The topological polar surface area (TPSA) is 55.1 Å². The van der Waals surface area contributed by atoms with Crippen molar-refractivity contribution in [3.8, 4) is 0 Å². The third-order valence-corrected chi connectivity index (χ3v) is 5.76. The number of hydrogen-bond acceptors (Lipinski definition) is 2. The van der Waals surface area contributed by atoms with Crippen LogP contribution in [0.15, 0.2) is 60.7 Å². The van der Waals surface area contributed by atoms with E-state index in [0.29, 0.717) is 17.8 Å². The Morgan fingerprint density at radius 1 is 0.957 bits per heavy atom. The first-order valence-electron chi connectivity index (χ1n) is 8.35. The first-order valence-corrected chi connectivity index (χ1v) is 8.35. The number of rotatable bonds is 5. The quantitative estimate of drug-likeness (QED) is 0.890. The minimum absolute atomic E-state index is 0.243. The molecule has 1 aliphatic heterocycles. The van der Waals surface area contributed by atoms with Crippen molar-refractivity contribution in [2.45, 2.75) is 11.8 Å². The van der Waals surface area contributed by atoms with Crippen LogP contribution in [0.25, 0.3) is 0 Å². The molecule has 2 atom stereocenters. The highest BCUT2D eigenvalue weighted by molar-refractivity contribution is 5.91. The third kappa shape index (κ3) is 2.27. The Labute approximate surface area is 136 Å². The van der Waals surface area contributed by atoms with Crippen LogP contribution in [0.3, 0.4) is 0 Å². The predicted molar refractivity (Wildman–Crippen MR) is 90.8 cm³/mol. The fourth-order valence-electron chi connectivity index (χ4n) is 4.44. The number of nitrogens with two attached hydrogens (primary N) is 1. The van der Waals surface area contributed by atoms with Crippen LogP contribution in [-0.2, 0) is 10.2 Å². The van der Waals surface area contributed by atoms with E-state index in [2.05, 4.69) is 5.32 Å². The molecule has 2 unspecified atom stereocenters. The number of benzene rings is 2. The molecule has 3 heteroatoms. The molecule has 3 N–H and O–H groups in total. The molecule has 4 rings (SSSR count). The highest BCUT2D eigenvalue weighted by Crippen LogP contribution is 2.55. The van der Waals surface area contributed by atoms with Gasteiger partial charge in [0.25, 0.3) is 0 Å². The van der Waals surface area contributed by atoms with E-state index in [9.17, 15) is 4.79 Å². The molecule has 2 aromatic carbocycles. The zero-order valence-electron chi connectivity index (χ0n) is 13.1. The van der Waals surface area contributed by atoms with Gasteiger partial charge in [-0.3, -0.25) is 4.79 Å². The average molecular weight is 306 g/mol. The Balaban J connectivity index is 1.80. The predicted octanol–water partition coefficient (Wildman–Crippen LogP) is 2.31. The van der Waals surface area contributed by atoms with Crippen molar-refractivity contribution in [2.75, 3.05) is 13.1 Å². The Hall–Kier alpha value is -2.13. The largest absolute Gasteiger partial charge is 0.369 e. The van der Waals surface area contributed by atoms with Gasteiger partial charge >= 0.3 is 0 Å². The van der Waals surface area contributed by atoms with Gasteiger partial charge in [-0.05, 0) is 48.4 Å². The fourth-order valence-corrected chi connectivity index (χ4v) is 4.44. The molecule has 1 aliphatic carbocycles. The van der Waals surface area contributed by atoms with Crippen LogP contribution in [-0.4, -0.2) is 19.0 Å². The third-order valence-electron chi connectivity index (χ3n) is 5.76. The van der Waals surface area contributed by atoms with Crippen molar-refractivity contribution in [3.63, 3.8) is 0 Å². The zero-order chi connectivity index (χ0) is 15.9. The van der Waals surface area contributed by atoms with E-state index in [1.807, 2.05) is 60.7 Å². The van der Waals surface area contributed by atoms with Crippen molar-refractivity contribution < 1.29 is 4.79 Å². The Kier molecular flexibility index (Phi) is 3.46. The maximum absolute atomic E-state index is 12.7. The number of carbonyl (C=O) groups is 1. The summed E-state index contributed by atoms with van der Waals surface area (Å²) in [5.74, 6) is 1.76. The molecule has 1 amide bonds. The molecule has 1 saturated carbocycles. The molecule has 3 nitrogen and oxygen atoms in total. The molecular weight excluding hydrogens is 284 g/mol. The normalized spacial score (nSPS) is 25.8. The summed E-state index contributed by atoms with van der Waals surface area (Å²) >= 11 is 0. The number of primary amides is 1. The second-order valence-corrected chi connectivity index (χ2v) is 6.86. The van der Waals surface area contributed by atoms with Crippen LogP contribution in [0.5, 0.6) is 0 Å². The van der Waals surface area contributed by atoms with Crippen LogP contribution in [0.2, 0.25) is 0 Å². The summed E-state index contributed by atoms with van der Waals surface area (Å²) in [4.78, 5) is 12.7. The van der Waals surface area contributed by atoms with Gasteiger partial charge in [-0.15, -0.1) is 0 Å². The molecule has 23 heavy (non-hydrogen) atoms. The lowest BCUT2D eigenvalue weighted by atomic mass is 9.69. The van der Waals surface area contributed by atoms with E-state index in [1.54, 1.807) is 0 Å². The van der Waals surface area contributed by atoms with Crippen molar-refractivity contribution in [1.29, 1.82) is 0 Å². The van der Waals surface area contributed by atoms with Crippen molar-refractivity contribution >= 4 is 5.91 Å². The average Bonchev–Trinajstić information content (AvgIpc) is 3.01. The summed E-state index contributed by atoms with van der Waals surface area (Å²) in [5.41, 5.74) is 7.30. The van der Waals surface area contributed by atoms with Gasteiger partial charge in [-0.25, -0.2) is 0 Å². The molecule has 2 fully saturated rings. The van der Waals surface area contributed by atoms with E-state index in [0.717, 1.165) is 30.6 Å². The van der Waals surface area contributed by atoms with Gasteiger partial charge < -0.3 is 11.1 Å². The van der Waals surface area contributed by atoms with Crippen LogP contribution in [0, 0.1) is 17.8 Å². The maximum Gasteiger partial charge on any atom is 0.232 e. The highest BCUT2D eigenvalue weighted by Gasteiger charge is 2.57. The second kappa shape index (κ2) is 5.50. The van der Waals surface area contributed by atoms with E-state index in [4.69, 9.17) is 5.73 Å². The summed E-state index contributed by atoms with van der Waals surface area (Å²) in [6, 6.07) is 20.1. The van der Waals surface area contributed by atoms with Gasteiger partial charge in [0.1, 0.15) is 0 Å². The summed E-state index contributed by atoms with van der Waals surface area (Å²) < 4.78 is 0. The Morgan fingerprint density at radius 3 is 1.87 bits per heavy atom. The first-order chi connectivity index (χ1) is 11.2. The molecule has 0 bridgehead atoms. The molecule has 2 aliphatic rings. The number of carbonyl (C=O) groups excluding carboxylic acids is 1. The highest BCUT2D eigenvalue weighted by atomic mass is 16.1. The van der Waals surface area contributed by atoms with Gasteiger partial charge in [0, 0.05) is 0 Å². The minimum Gasteiger partial charge on any atom is -0.369 e. The molecule has 1 saturated heterocycles.